The number of fused-ring (bicyclic) bond motifs is 6. The number of rotatable bonds is 2. The van der Waals surface area contributed by atoms with Crippen molar-refractivity contribution in [3.05, 3.63) is 90.5 Å². The van der Waals surface area contributed by atoms with Crippen LogP contribution in [0.25, 0.3) is 47.7 Å². The Morgan fingerprint density at radius 1 is 0.643 bits per heavy atom. The number of carbonyl (C=O) groups excluding carboxylic acids is 1. The van der Waals surface area contributed by atoms with E-state index < -0.39 is 0 Å². The number of aldehydes is 1. The van der Waals surface area contributed by atoms with E-state index in [1.165, 1.54) is 36.5 Å². The fourth-order valence-corrected chi connectivity index (χ4v) is 5.30. The molecule has 0 saturated carbocycles. The molecular weight excluding hydrogens is 362 g/mol. The van der Waals surface area contributed by atoms with Crippen LogP contribution in [0, 0.1) is 0 Å². The molecule has 6 rings (SSSR count). The number of thiophene rings is 1. The molecular formula is C25H15NOS. The molecule has 0 saturated heterocycles. The average Bonchev–Trinajstić information content (AvgIpc) is 3.27. The first-order chi connectivity index (χ1) is 13.8. The molecule has 0 N–H and O–H groups in total. The second-order valence-corrected chi connectivity index (χ2v) is 8.11. The van der Waals surface area contributed by atoms with Gasteiger partial charge in [0.2, 0.25) is 0 Å². The van der Waals surface area contributed by atoms with E-state index >= 15 is 0 Å². The predicted molar refractivity (Wildman–Crippen MR) is 119 cm³/mol. The molecule has 2 aromatic heterocycles. The van der Waals surface area contributed by atoms with Crippen LogP contribution in [-0.2, 0) is 0 Å². The van der Waals surface area contributed by atoms with E-state index in [0.717, 1.165) is 17.5 Å². The minimum atomic E-state index is 0.694. The maximum Gasteiger partial charge on any atom is 0.150 e. The van der Waals surface area contributed by atoms with E-state index in [2.05, 4.69) is 71.3 Å². The third-order valence-electron chi connectivity index (χ3n) is 5.44. The molecule has 0 aliphatic carbocycles. The minimum absolute atomic E-state index is 0.694. The van der Waals surface area contributed by atoms with Crippen molar-refractivity contribution in [2.75, 3.05) is 0 Å². The molecule has 0 radical (unpaired) electrons. The highest BCUT2D eigenvalue weighted by molar-refractivity contribution is 7.25. The number of hydrogen-bond donors (Lipinski definition) is 0. The van der Waals surface area contributed by atoms with Crippen molar-refractivity contribution < 1.29 is 4.79 Å². The van der Waals surface area contributed by atoms with Crippen molar-refractivity contribution >= 4 is 59.6 Å². The molecule has 0 aliphatic heterocycles. The van der Waals surface area contributed by atoms with Crippen LogP contribution < -0.4 is 0 Å². The second-order valence-electron chi connectivity index (χ2n) is 7.03. The number of benzene rings is 4. The van der Waals surface area contributed by atoms with Crippen LogP contribution in [0.3, 0.4) is 0 Å². The number of hydrogen-bond acceptors (Lipinski definition) is 2. The summed E-state index contributed by atoms with van der Waals surface area (Å²) in [5, 5.41) is 4.98. The van der Waals surface area contributed by atoms with Crippen molar-refractivity contribution in [2.45, 2.75) is 0 Å². The summed E-state index contributed by atoms with van der Waals surface area (Å²) in [7, 11) is 0. The van der Waals surface area contributed by atoms with Gasteiger partial charge in [-0.2, -0.15) is 0 Å². The molecule has 0 aliphatic rings. The SMILES string of the molecule is O=Cc1ccc2c3cc4c(cc3n(-c3ccccc3)c2c1)sc1ccccc14. The molecule has 0 spiro atoms. The summed E-state index contributed by atoms with van der Waals surface area (Å²) >= 11 is 1.83. The molecule has 28 heavy (non-hydrogen) atoms. The summed E-state index contributed by atoms with van der Waals surface area (Å²) in [5.74, 6) is 0. The molecule has 0 unspecified atom stereocenters. The monoisotopic (exact) mass is 377 g/mol. The summed E-state index contributed by atoms with van der Waals surface area (Å²) < 4.78 is 4.86. The quantitative estimate of drug-likeness (QED) is 0.299. The number of para-hydroxylation sites is 1. The first kappa shape index (κ1) is 15.6. The van der Waals surface area contributed by atoms with E-state index in [9.17, 15) is 4.79 Å². The van der Waals surface area contributed by atoms with Crippen LogP contribution in [0.4, 0.5) is 0 Å². The summed E-state index contributed by atoms with van der Waals surface area (Å²) in [5.41, 5.74) is 4.03. The lowest BCUT2D eigenvalue weighted by molar-refractivity contribution is 0.112. The van der Waals surface area contributed by atoms with Crippen LogP contribution in [0.15, 0.2) is 84.9 Å². The Labute approximate surface area is 165 Å². The van der Waals surface area contributed by atoms with Gasteiger partial charge in [0.05, 0.1) is 11.0 Å². The highest BCUT2D eigenvalue weighted by Crippen LogP contribution is 2.40. The normalized spacial score (nSPS) is 11.7. The van der Waals surface area contributed by atoms with Crippen LogP contribution in [-0.4, -0.2) is 10.9 Å². The second kappa shape index (κ2) is 5.78. The Kier molecular flexibility index (Phi) is 3.22. The van der Waals surface area contributed by atoms with Gasteiger partial charge in [-0.25, -0.2) is 0 Å². The van der Waals surface area contributed by atoms with Crippen LogP contribution in [0.1, 0.15) is 10.4 Å². The van der Waals surface area contributed by atoms with Gasteiger partial charge in [0, 0.05) is 42.2 Å². The lowest BCUT2D eigenvalue weighted by Gasteiger charge is -2.07. The maximum absolute atomic E-state index is 11.4. The van der Waals surface area contributed by atoms with E-state index in [-0.39, 0.29) is 0 Å². The third kappa shape index (κ3) is 2.11. The highest BCUT2D eigenvalue weighted by Gasteiger charge is 2.15. The smallest absolute Gasteiger partial charge is 0.150 e. The van der Waals surface area contributed by atoms with Gasteiger partial charge in [0.25, 0.3) is 0 Å². The largest absolute Gasteiger partial charge is 0.309 e. The lowest BCUT2D eigenvalue weighted by atomic mass is 10.1. The fourth-order valence-electron chi connectivity index (χ4n) is 4.18. The summed E-state index contributed by atoms with van der Waals surface area (Å²) in [6.45, 7) is 0. The highest BCUT2D eigenvalue weighted by atomic mass is 32.1. The first-order valence-corrected chi connectivity index (χ1v) is 10.1. The van der Waals surface area contributed by atoms with Gasteiger partial charge in [-0.05, 0) is 36.4 Å². The topological polar surface area (TPSA) is 22.0 Å². The lowest BCUT2D eigenvalue weighted by Crippen LogP contribution is -1.93. The number of aromatic nitrogens is 1. The van der Waals surface area contributed by atoms with Gasteiger partial charge in [-0.3, -0.25) is 4.79 Å². The molecule has 2 heterocycles. The van der Waals surface area contributed by atoms with E-state index in [1.807, 2.05) is 29.5 Å². The van der Waals surface area contributed by atoms with Gasteiger partial charge < -0.3 is 4.57 Å². The van der Waals surface area contributed by atoms with Crippen molar-refractivity contribution in [2.24, 2.45) is 0 Å². The van der Waals surface area contributed by atoms with Gasteiger partial charge in [0.1, 0.15) is 6.29 Å². The summed E-state index contributed by atoms with van der Waals surface area (Å²) in [6.07, 6.45) is 0.915. The Morgan fingerprint density at radius 2 is 1.43 bits per heavy atom. The standard InChI is InChI=1S/C25H15NOS/c27-15-16-10-11-18-20-13-21-19-8-4-5-9-24(19)28-25(21)14-23(20)26(22(18)12-16)17-6-2-1-3-7-17/h1-15H. The fraction of sp³-hybridized carbons (Fsp3) is 0. The zero-order valence-corrected chi connectivity index (χ0v) is 15.7. The summed E-state index contributed by atoms with van der Waals surface area (Å²) in [6, 6.07) is 29.5. The van der Waals surface area contributed by atoms with Crippen molar-refractivity contribution in [3.8, 4) is 5.69 Å². The zero-order chi connectivity index (χ0) is 18.7. The van der Waals surface area contributed by atoms with E-state index in [1.54, 1.807) is 0 Å². The first-order valence-electron chi connectivity index (χ1n) is 9.23. The summed E-state index contributed by atoms with van der Waals surface area (Å²) in [4.78, 5) is 11.4. The zero-order valence-electron chi connectivity index (χ0n) is 14.9. The van der Waals surface area contributed by atoms with Crippen molar-refractivity contribution in [1.82, 2.24) is 4.57 Å². The van der Waals surface area contributed by atoms with E-state index in [4.69, 9.17) is 0 Å². The van der Waals surface area contributed by atoms with Crippen molar-refractivity contribution in [3.63, 3.8) is 0 Å². The molecule has 0 bridgehead atoms. The number of nitrogens with zero attached hydrogens (tertiary/aromatic N) is 1. The van der Waals surface area contributed by atoms with Gasteiger partial charge in [0.15, 0.2) is 0 Å². The van der Waals surface area contributed by atoms with Crippen LogP contribution in [0.5, 0.6) is 0 Å². The average molecular weight is 377 g/mol. The molecule has 0 fully saturated rings. The molecule has 0 amide bonds. The Hall–Kier alpha value is -3.43. The Balaban J connectivity index is 1.84. The molecule has 2 nitrogen and oxygen atoms in total. The van der Waals surface area contributed by atoms with Gasteiger partial charge in [-0.15, -0.1) is 11.3 Å². The molecule has 132 valence electrons. The maximum atomic E-state index is 11.4. The van der Waals surface area contributed by atoms with Gasteiger partial charge in [-0.1, -0.05) is 48.5 Å². The van der Waals surface area contributed by atoms with Gasteiger partial charge >= 0.3 is 0 Å². The van der Waals surface area contributed by atoms with E-state index in [0.29, 0.717) is 5.56 Å². The molecule has 6 aromatic rings. The Bertz CT molecular complexity index is 1520. The minimum Gasteiger partial charge on any atom is -0.309 e. The Morgan fingerprint density at radius 3 is 2.29 bits per heavy atom. The molecule has 0 atom stereocenters. The third-order valence-corrected chi connectivity index (χ3v) is 6.57. The molecule has 4 aromatic carbocycles. The molecule has 3 heteroatoms. The van der Waals surface area contributed by atoms with Crippen LogP contribution >= 0.6 is 11.3 Å². The predicted octanol–water partition coefficient (Wildman–Crippen LogP) is 6.96. The van der Waals surface area contributed by atoms with Crippen molar-refractivity contribution in [1.29, 1.82) is 0 Å². The number of carbonyl (C=O) groups is 1. The van der Waals surface area contributed by atoms with Crippen LogP contribution in [0.2, 0.25) is 0 Å².